The molecule has 0 atom stereocenters. The van der Waals surface area contributed by atoms with Crippen molar-refractivity contribution in [3.05, 3.63) is 58.4 Å². The van der Waals surface area contributed by atoms with Gasteiger partial charge in [-0.05, 0) is 25.1 Å². The average Bonchev–Trinajstić information content (AvgIpc) is 3.27. The lowest BCUT2D eigenvalue weighted by molar-refractivity contribution is -0.137. The van der Waals surface area contributed by atoms with Crippen molar-refractivity contribution < 1.29 is 27.5 Å². The fourth-order valence-corrected chi connectivity index (χ4v) is 3.13. The number of esters is 1. The molecule has 11 heteroatoms. The zero-order valence-corrected chi connectivity index (χ0v) is 15.4. The molecule has 0 fully saturated rings. The number of alkyl halides is 3. The second-order valence-corrected chi connectivity index (χ2v) is 6.61. The fourth-order valence-electron chi connectivity index (χ4n) is 2.40. The zero-order chi connectivity index (χ0) is 20.5. The molecule has 0 aliphatic carbocycles. The molecule has 1 amide bonds. The first kappa shape index (κ1) is 19.5. The van der Waals surface area contributed by atoms with Crippen molar-refractivity contribution in [3.8, 4) is 5.69 Å². The number of hydrogen-bond donors (Lipinski definition) is 1. The molecule has 0 radical (unpaired) electrons. The van der Waals surface area contributed by atoms with Crippen LogP contribution in [0.2, 0.25) is 0 Å². The van der Waals surface area contributed by atoms with Crippen LogP contribution in [0.3, 0.4) is 0 Å². The van der Waals surface area contributed by atoms with Crippen molar-refractivity contribution in [2.24, 2.45) is 0 Å². The van der Waals surface area contributed by atoms with E-state index in [2.05, 4.69) is 20.1 Å². The van der Waals surface area contributed by atoms with Gasteiger partial charge in [0.05, 0.1) is 42.0 Å². The lowest BCUT2D eigenvalue weighted by atomic mass is 10.2. The number of nitrogens with one attached hydrogen (secondary N) is 1. The van der Waals surface area contributed by atoms with Crippen molar-refractivity contribution in [3.63, 3.8) is 0 Å². The molecule has 3 aromatic rings. The van der Waals surface area contributed by atoms with E-state index >= 15 is 0 Å². The SMILES string of the molecule is COC(=O)c1cnc(NC(=O)c2cnn(-c3cccc(C(F)(F)F)c3)c2C)s1. The number of thiazole rings is 1. The van der Waals surface area contributed by atoms with E-state index in [0.717, 1.165) is 23.5 Å². The van der Waals surface area contributed by atoms with Gasteiger partial charge in [-0.3, -0.25) is 10.1 Å². The molecule has 1 aromatic carbocycles. The largest absolute Gasteiger partial charge is 0.465 e. The summed E-state index contributed by atoms with van der Waals surface area (Å²) < 4.78 is 44.5. The number of carbonyl (C=O) groups excluding carboxylic acids is 2. The van der Waals surface area contributed by atoms with Gasteiger partial charge in [-0.15, -0.1) is 0 Å². The van der Waals surface area contributed by atoms with Crippen LogP contribution in [-0.4, -0.2) is 33.8 Å². The molecule has 0 aliphatic rings. The second-order valence-electron chi connectivity index (χ2n) is 5.58. The fraction of sp³-hybridized carbons (Fsp3) is 0.176. The Kier molecular flexibility index (Phi) is 5.18. The first-order chi connectivity index (χ1) is 13.2. The summed E-state index contributed by atoms with van der Waals surface area (Å²) in [5.41, 5.74) is -0.133. The van der Waals surface area contributed by atoms with Crippen molar-refractivity contribution >= 4 is 28.3 Å². The Labute approximate surface area is 160 Å². The van der Waals surface area contributed by atoms with Crippen molar-refractivity contribution in [2.45, 2.75) is 13.1 Å². The van der Waals surface area contributed by atoms with E-state index in [-0.39, 0.29) is 21.3 Å². The minimum atomic E-state index is -4.49. The highest BCUT2D eigenvalue weighted by Gasteiger charge is 2.30. The van der Waals surface area contributed by atoms with Gasteiger partial charge in [0.2, 0.25) is 0 Å². The molecular formula is C17H13F3N4O3S. The third kappa shape index (κ3) is 3.88. The number of amides is 1. The lowest BCUT2D eigenvalue weighted by Crippen LogP contribution is -2.13. The van der Waals surface area contributed by atoms with Crippen LogP contribution in [0.4, 0.5) is 18.3 Å². The zero-order valence-electron chi connectivity index (χ0n) is 14.6. The Balaban J connectivity index is 1.84. The molecule has 0 aliphatic heterocycles. The number of rotatable bonds is 4. The molecule has 146 valence electrons. The standard InChI is InChI=1S/C17H13F3N4O3S/c1-9-12(14(25)23-16-21-8-13(28-16)15(26)27-2)7-22-24(9)11-5-3-4-10(6-11)17(18,19)20/h3-8H,1-2H3,(H,21,23,25). The number of hydrogen-bond acceptors (Lipinski definition) is 6. The molecule has 7 nitrogen and oxygen atoms in total. The molecule has 3 rings (SSSR count). The lowest BCUT2D eigenvalue weighted by Gasteiger charge is -2.10. The molecule has 0 saturated carbocycles. The Morgan fingerprint density at radius 3 is 2.68 bits per heavy atom. The van der Waals surface area contributed by atoms with Crippen LogP contribution in [0.25, 0.3) is 5.69 Å². The highest BCUT2D eigenvalue weighted by molar-refractivity contribution is 7.17. The van der Waals surface area contributed by atoms with Crippen molar-refractivity contribution in [2.75, 3.05) is 12.4 Å². The van der Waals surface area contributed by atoms with Crippen LogP contribution in [0.1, 0.15) is 31.3 Å². The van der Waals surface area contributed by atoms with E-state index in [9.17, 15) is 22.8 Å². The van der Waals surface area contributed by atoms with Gasteiger partial charge in [-0.25, -0.2) is 14.5 Å². The van der Waals surface area contributed by atoms with Gasteiger partial charge >= 0.3 is 12.1 Å². The molecule has 2 aromatic heterocycles. The van der Waals surface area contributed by atoms with Crippen LogP contribution in [0.15, 0.2) is 36.7 Å². The van der Waals surface area contributed by atoms with Crippen LogP contribution >= 0.6 is 11.3 Å². The summed E-state index contributed by atoms with van der Waals surface area (Å²) in [6.07, 6.45) is -1.97. The van der Waals surface area contributed by atoms with E-state index in [0.29, 0.717) is 5.69 Å². The molecule has 28 heavy (non-hydrogen) atoms. The Hall–Kier alpha value is -3.21. The van der Waals surface area contributed by atoms with Crippen LogP contribution in [0, 0.1) is 6.92 Å². The summed E-state index contributed by atoms with van der Waals surface area (Å²) in [5, 5.41) is 6.72. The number of anilines is 1. The molecule has 0 spiro atoms. The summed E-state index contributed by atoms with van der Waals surface area (Å²) in [7, 11) is 1.23. The Bertz CT molecular complexity index is 1040. The number of nitrogens with zero attached hydrogens (tertiary/aromatic N) is 3. The predicted molar refractivity (Wildman–Crippen MR) is 94.7 cm³/mol. The van der Waals surface area contributed by atoms with E-state index in [1.807, 2.05) is 0 Å². The normalized spacial score (nSPS) is 11.3. The average molecular weight is 410 g/mol. The van der Waals surface area contributed by atoms with Crippen LogP contribution in [-0.2, 0) is 10.9 Å². The first-order valence-electron chi connectivity index (χ1n) is 7.78. The minimum absolute atomic E-state index is 0.159. The van der Waals surface area contributed by atoms with Crippen molar-refractivity contribution in [1.29, 1.82) is 0 Å². The maximum absolute atomic E-state index is 12.9. The highest BCUT2D eigenvalue weighted by Crippen LogP contribution is 2.30. The number of carbonyl (C=O) groups is 2. The van der Waals surface area contributed by atoms with Crippen LogP contribution < -0.4 is 5.32 Å². The molecule has 2 heterocycles. The van der Waals surface area contributed by atoms with Gasteiger partial charge in [-0.1, -0.05) is 17.4 Å². The summed E-state index contributed by atoms with van der Waals surface area (Å²) in [6.45, 7) is 1.56. The Morgan fingerprint density at radius 2 is 2.00 bits per heavy atom. The molecule has 0 saturated heterocycles. The number of ether oxygens (including phenoxy) is 1. The third-order valence-electron chi connectivity index (χ3n) is 3.79. The van der Waals surface area contributed by atoms with E-state index < -0.39 is 23.6 Å². The minimum Gasteiger partial charge on any atom is -0.465 e. The number of methoxy groups -OCH3 is 1. The maximum Gasteiger partial charge on any atom is 0.416 e. The number of halogens is 3. The van der Waals surface area contributed by atoms with Gasteiger partial charge < -0.3 is 4.74 Å². The van der Waals surface area contributed by atoms with Gasteiger partial charge in [0.25, 0.3) is 5.91 Å². The summed E-state index contributed by atoms with van der Waals surface area (Å²) in [4.78, 5) is 28.0. The van der Waals surface area contributed by atoms with Gasteiger partial charge in [0, 0.05) is 0 Å². The van der Waals surface area contributed by atoms with E-state index in [4.69, 9.17) is 0 Å². The maximum atomic E-state index is 12.9. The molecule has 0 unspecified atom stereocenters. The van der Waals surface area contributed by atoms with Crippen molar-refractivity contribution in [1.82, 2.24) is 14.8 Å². The quantitative estimate of drug-likeness (QED) is 0.663. The van der Waals surface area contributed by atoms with Gasteiger partial charge in [0.15, 0.2) is 5.13 Å². The highest BCUT2D eigenvalue weighted by atomic mass is 32.1. The number of aromatic nitrogens is 3. The summed E-state index contributed by atoms with van der Waals surface area (Å²) in [5.74, 6) is -1.13. The topological polar surface area (TPSA) is 86.1 Å². The molecule has 1 N–H and O–H groups in total. The Morgan fingerprint density at radius 1 is 1.25 bits per heavy atom. The monoisotopic (exact) mass is 410 g/mol. The molecule has 0 bridgehead atoms. The van der Waals surface area contributed by atoms with E-state index in [1.165, 1.54) is 36.3 Å². The smallest absolute Gasteiger partial charge is 0.416 e. The van der Waals surface area contributed by atoms with Gasteiger partial charge in [0.1, 0.15) is 4.88 Å². The summed E-state index contributed by atoms with van der Waals surface area (Å²) >= 11 is 0.932. The van der Waals surface area contributed by atoms with Crippen LogP contribution in [0.5, 0.6) is 0 Å². The van der Waals surface area contributed by atoms with Gasteiger partial charge in [-0.2, -0.15) is 18.3 Å². The summed E-state index contributed by atoms with van der Waals surface area (Å²) in [6, 6.07) is 4.63. The van der Waals surface area contributed by atoms with E-state index in [1.54, 1.807) is 6.92 Å². The molecular weight excluding hydrogens is 397 g/mol. The third-order valence-corrected chi connectivity index (χ3v) is 4.68. The predicted octanol–water partition coefficient (Wildman–Crippen LogP) is 3.69. The first-order valence-corrected chi connectivity index (χ1v) is 8.60. The second kappa shape index (κ2) is 7.43. The number of benzene rings is 1.